The third kappa shape index (κ3) is 8.70. The fraction of sp³-hybridized carbons (Fsp3) is 0.956. The van der Waals surface area contributed by atoms with Crippen molar-refractivity contribution in [2.75, 3.05) is 26.4 Å². The Morgan fingerprint density at radius 3 is 1.88 bits per heavy atom. The molecule has 8 rings (SSSR count). The molecular weight excluding hydrogens is 860 g/mol. The number of hydrogen-bond donors (Lipinski definition) is 13. The smallest absolute Gasteiger partial charge is 0.187 e. The highest BCUT2D eigenvalue weighted by molar-refractivity contribution is 5.18. The summed E-state index contributed by atoms with van der Waals surface area (Å²) in [6.45, 7) is 8.57. The predicted molar refractivity (Wildman–Crippen MR) is 220 cm³/mol. The molecule has 8 fully saturated rings. The van der Waals surface area contributed by atoms with Crippen molar-refractivity contribution in [1.29, 1.82) is 0 Å². The molecule has 27 atom stereocenters. The zero-order chi connectivity index (χ0) is 47.1. The number of aliphatic hydroxyl groups is 13. The summed E-state index contributed by atoms with van der Waals surface area (Å²) in [6.07, 6.45) is -18.0. The summed E-state index contributed by atoms with van der Waals surface area (Å²) in [5.41, 5.74) is -0.0705. The van der Waals surface area contributed by atoms with Crippen molar-refractivity contribution in [2.45, 2.75) is 195 Å². The van der Waals surface area contributed by atoms with Gasteiger partial charge in [0.05, 0.1) is 44.7 Å². The number of rotatable bonds is 13. The third-order valence-corrected chi connectivity index (χ3v) is 17.8. The molecule has 5 unspecified atom stereocenters. The van der Waals surface area contributed by atoms with Gasteiger partial charge in [-0.2, -0.15) is 0 Å². The van der Waals surface area contributed by atoms with E-state index in [0.717, 1.165) is 19.3 Å². The summed E-state index contributed by atoms with van der Waals surface area (Å²) in [6, 6.07) is 0. The third-order valence-electron chi connectivity index (χ3n) is 17.8. The van der Waals surface area contributed by atoms with Crippen molar-refractivity contribution in [3.8, 4) is 0 Å². The monoisotopic (exact) mass is 934 g/mol. The van der Waals surface area contributed by atoms with Gasteiger partial charge in [0.2, 0.25) is 0 Å². The lowest BCUT2D eigenvalue weighted by molar-refractivity contribution is -0.373. The van der Waals surface area contributed by atoms with Crippen molar-refractivity contribution in [1.82, 2.24) is 0 Å². The molecule has 20 heteroatoms. The Labute approximate surface area is 378 Å². The van der Waals surface area contributed by atoms with Crippen molar-refractivity contribution in [3.05, 3.63) is 12.2 Å². The van der Waals surface area contributed by atoms with Crippen LogP contribution in [0, 0.1) is 46.3 Å². The van der Waals surface area contributed by atoms with Crippen molar-refractivity contribution >= 4 is 0 Å². The molecule has 4 aliphatic heterocycles. The minimum absolute atomic E-state index is 0.0690. The highest BCUT2D eigenvalue weighted by Crippen LogP contribution is 2.71. The molecule has 13 N–H and O–H groups in total. The quantitative estimate of drug-likeness (QED) is 0.0651. The van der Waals surface area contributed by atoms with E-state index >= 15 is 0 Å². The average Bonchev–Trinajstić information content (AvgIpc) is 3.73. The Morgan fingerprint density at radius 1 is 0.662 bits per heavy atom. The molecule has 20 nitrogen and oxygen atoms in total. The van der Waals surface area contributed by atoms with E-state index in [4.69, 9.17) is 33.2 Å². The zero-order valence-electron chi connectivity index (χ0n) is 37.4. The Balaban J connectivity index is 0.887. The molecular formula is C45H74O20. The molecule has 0 bridgehead atoms. The molecule has 65 heavy (non-hydrogen) atoms. The normalized spacial score (nSPS) is 55.5. The molecule has 0 amide bonds. The zero-order valence-corrected chi connectivity index (χ0v) is 37.4. The number of fused-ring (bicyclic) bond motifs is 7. The van der Waals surface area contributed by atoms with Crippen LogP contribution in [0.15, 0.2) is 12.2 Å². The van der Waals surface area contributed by atoms with Gasteiger partial charge in [0, 0.05) is 23.7 Å². The predicted octanol–water partition coefficient (Wildman–Crippen LogP) is -2.89. The standard InChI is InChI=1S/C45H74O20/c1-18(17-59-40-37(56)34(53)31(50)26(14-46)61-40)7-10-45(58)19(2)30-25(65-45)12-24-22-6-5-20-11-21(8-9-43(20,3)23(22)13-29(49)44(24,30)4)60-42-39(36(55)33(52)28(16-48)63-42)64-41-38(57)35(54)32(51)27(15-47)62-41/h19-42,46-58H,1,5-17H2,2-4H3/t19-,20+,21-,22?,23?,24?,25?,26+,27+,28+,29+,30-,31+,32+,33-,34-,35-,36-,37+,38+,39+,40+,41-,42+,43-,44+,45?/m0/s1. The second-order valence-corrected chi connectivity index (χ2v) is 21.1. The minimum Gasteiger partial charge on any atom is -0.394 e. The van der Waals surface area contributed by atoms with Crippen molar-refractivity contribution in [2.24, 2.45) is 46.3 Å². The van der Waals surface area contributed by atoms with Gasteiger partial charge in [-0.15, -0.1) is 0 Å². The van der Waals surface area contributed by atoms with E-state index in [1.54, 1.807) is 0 Å². The maximum absolute atomic E-state index is 12.3. The second kappa shape index (κ2) is 19.3. The first-order chi connectivity index (χ1) is 30.7. The molecule has 0 radical (unpaired) electrons. The molecule has 4 aliphatic carbocycles. The van der Waals surface area contributed by atoms with Gasteiger partial charge < -0.3 is 99.5 Å². The molecule has 0 aromatic heterocycles. The van der Waals surface area contributed by atoms with Gasteiger partial charge in [0.25, 0.3) is 0 Å². The molecule has 0 spiro atoms. The average molecular weight is 935 g/mol. The summed E-state index contributed by atoms with van der Waals surface area (Å²) >= 11 is 0. The molecule has 4 saturated heterocycles. The summed E-state index contributed by atoms with van der Waals surface area (Å²) < 4.78 is 41.6. The van der Waals surface area contributed by atoms with Crippen LogP contribution >= 0.6 is 0 Å². The fourth-order valence-corrected chi connectivity index (χ4v) is 13.9. The largest absolute Gasteiger partial charge is 0.394 e. The van der Waals surface area contributed by atoms with Gasteiger partial charge in [-0.05, 0) is 80.5 Å². The van der Waals surface area contributed by atoms with E-state index in [1.807, 2.05) is 6.92 Å². The summed E-state index contributed by atoms with van der Waals surface area (Å²) in [7, 11) is 0. The second-order valence-electron chi connectivity index (χ2n) is 21.1. The SMILES string of the molecule is C=C(CCC1(O)OC2CC3C4CC[C@@H]5C[C@@H](O[C@@H]6O[C@H](CO)[C@H](O)[C@H](O)[C@H]6O[C@@H]6O[C@H](CO)[C@@H](O)[C@H](O)[C@H]6O)CC[C@]5(C)C4C[C@@H](O)[C@]3(C)[C@H]2[C@@H]1C)CO[C@@H]1O[C@H](CO)[C@@H](O)[C@H](O)[C@H]1O. The molecule has 4 heterocycles. The van der Waals surface area contributed by atoms with E-state index in [9.17, 15) is 66.4 Å². The molecule has 8 aliphatic rings. The van der Waals surface area contributed by atoms with Crippen LogP contribution in [0.5, 0.6) is 0 Å². The van der Waals surface area contributed by atoms with E-state index in [1.165, 1.54) is 0 Å². The summed E-state index contributed by atoms with van der Waals surface area (Å²) in [5, 5.41) is 137. The first-order valence-corrected chi connectivity index (χ1v) is 23.6. The van der Waals surface area contributed by atoms with E-state index < -0.39 is 129 Å². The number of aliphatic hydroxyl groups excluding tert-OH is 12. The van der Waals surface area contributed by atoms with E-state index in [0.29, 0.717) is 43.6 Å². The van der Waals surface area contributed by atoms with Crippen molar-refractivity contribution in [3.63, 3.8) is 0 Å². The number of hydrogen-bond acceptors (Lipinski definition) is 20. The van der Waals surface area contributed by atoms with Crippen LogP contribution in [0.3, 0.4) is 0 Å². The summed E-state index contributed by atoms with van der Waals surface area (Å²) in [4.78, 5) is 0. The van der Waals surface area contributed by atoms with Crippen LogP contribution in [0.2, 0.25) is 0 Å². The maximum Gasteiger partial charge on any atom is 0.187 e. The van der Waals surface area contributed by atoms with E-state index in [2.05, 4.69) is 20.4 Å². The van der Waals surface area contributed by atoms with E-state index in [-0.39, 0.29) is 60.2 Å². The van der Waals surface area contributed by atoms with Gasteiger partial charge in [-0.1, -0.05) is 32.9 Å². The van der Waals surface area contributed by atoms with Crippen LogP contribution in [0.4, 0.5) is 0 Å². The molecule has 0 aromatic rings. The Bertz CT molecular complexity index is 1640. The highest BCUT2D eigenvalue weighted by Gasteiger charge is 2.71. The Morgan fingerprint density at radius 2 is 1.25 bits per heavy atom. The van der Waals surface area contributed by atoms with Gasteiger partial charge in [-0.25, -0.2) is 0 Å². The fourth-order valence-electron chi connectivity index (χ4n) is 13.9. The first-order valence-electron chi connectivity index (χ1n) is 23.6. The van der Waals surface area contributed by atoms with Crippen LogP contribution in [0.1, 0.15) is 78.6 Å². The maximum atomic E-state index is 12.3. The highest BCUT2D eigenvalue weighted by atomic mass is 16.8. The lowest BCUT2D eigenvalue weighted by Crippen LogP contribution is -2.65. The topological polar surface area (TPSA) is 328 Å². The van der Waals surface area contributed by atoms with Crippen LogP contribution < -0.4 is 0 Å². The van der Waals surface area contributed by atoms with Crippen LogP contribution in [-0.4, -0.2) is 209 Å². The lowest BCUT2D eigenvalue weighted by atomic mass is 9.43. The van der Waals surface area contributed by atoms with Gasteiger partial charge in [-0.3, -0.25) is 0 Å². The molecule has 0 aromatic carbocycles. The number of ether oxygens (including phenoxy) is 7. The first kappa shape index (κ1) is 50.3. The van der Waals surface area contributed by atoms with Crippen molar-refractivity contribution < 1.29 is 99.5 Å². The molecule has 4 saturated carbocycles. The Hall–Kier alpha value is -1.06. The lowest BCUT2D eigenvalue weighted by Gasteiger charge is -2.62. The minimum atomic E-state index is -1.78. The summed E-state index contributed by atoms with van der Waals surface area (Å²) in [5.74, 6) is -1.02. The van der Waals surface area contributed by atoms with Crippen LogP contribution in [-0.2, 0) is 33.2 Å². The van der Waals surface area contributed by atoms with Gasteiger partial charge >= 0.3 is 0 Å². The molecule has 374 valence electrons. The van der Waals surface area contributed by atoms with Gasteiger partial charge in [0.1, 0.15) is 73.2 Å². The Kier molecular flexibility index (Phi) is 14.9. The van der Waals surface area contributed by atoms with Crippen LogP contribution in [0.25, 0.3) is 0 Å². The van der Waals surface area contributed by atoms with Gasteiger partial charge in [0.15, 0.2) is 24.7 Å².